The highest BCUT2D eigenvalue weighted by Gasteiger charge is 2.12. The molecular formula is C18H20BrClN2O3. The molecule has 7 heteroatoms. The number of hydrogen-bond acceptors (Lipinski definition) is 4. The van der Waals surface area contributed by atoms with E-state index in [4.69, 9.17) is 9.15 Å². The van der Waals surface area contributed by atoms with E-state index in [2.05, 4.69) is 32.6 Å². The molecule has 134 valence electrons. The summed E-state index contributed by atoms with van der Waals surface area (Å²) in [5.41, 5.74) is 1.24. The van der Waals surface area contributed by atoms with Crippen LogP contribution in [-0.2, 0) is 6.61 Å². The van der Waals surface area contributed by atoms with Crippen LogP contribution in [-0.4, -0.2) is 25.5 Å². The van der Waals surface area contributed by atoms with E-state index in [9.17, 15) is 4.79 Å². The van der Waals surface area contributed by atoms with Crippen LogP contribution in [0.4, 0.5) is 0 Å². The monoisotopic (exact) mass is 426 g/mol. The normalized spacial score (nSPS) is 13.6. The first-order valence-corrected chi connectivity index (χ1v) is 8.64. The fraction of sp³-hybridized carbons (Fsp3) is 0.278. The molecule has 0 bridgehead atoms. The van der Waals surface area contributed by atoms with Crippen LogP contribution in [0.5, 0.6) is 5.75 Å². The standard InChI is InChI=1S/C18H19BrN2O3.ClH/c19-14-1-3-15(4-2-14)23-12-16-5-6-17(24-16)18(22)21-11-13-7-9-20-10-8-13;/h1-7,20H,8-12H2,(H,21,22);1H. The SMILES string of the molecule is Cl.O=C(NCC1=CCNCC1)c1ccc(COc2ccc(Br)cc2)o1. The van der Waals surface area contributed by atoms with Crippen molar-refractivity contribution in [2.45, 2.75) is 13.0 Å². The third-order valence-electron chi connectivity index (χ3n) is 3.71. The van der Waals surface area contributed by atoms with Crippen LogP contribution in [0.25, 0.3) is 0 Å². The summed E-state index contributed by atoms with van der Waals surface area (Å²) in [7, 11) is 0. The maximum Gasteiger partial charge on any atom is 0.287 e. The van der Waals surface area contributed by atoms with Gasteiger partial charge in [0.1, 0.15) is 18.1 Å². The first-order chi connectivity index (χ1) is 11.7. The minimum Gasteiger partial charge on any atom is -0.486 e. The summed E-state index contributed by atoms with van der Waals surface area (Å²) in [6.45, 7) is 2.67. The first-order valence-electron chi connectivity index (χ1n) is 7.84. The van der Waals surface area contributed by atoms with Crippen molar-refractivity contribution in [3.05, 3.63) is 64.0 Å². The Labute approximate surface area is 161 Å². The minimum absolute atomic E-state index is 0. The Morgan fingerprint density at radius 2 is 2.04 bits per heavy atom. The molecule has 1 aromatic heterocycles. The molecule has 0 aliphatic carbocycles. The lowest BCUT2D eigenvalue weighted by Crippen LogP contribution is -2.29. The maximum absolute atomic E-state index is 12.1. The van der Waals surface area contributed by atoms with Crippen LogP contribution in [0.15, 0.2) is 56.9 Å². The summed E-state index contributed by atoms with van der Waals surface area (Å²) in [6.07, 6.45) is 3.08. The van der Waals surface area contributed by atoms with Crippen LogP contribution in [0, 0.1) is 0 Å². The Morgan fingerprint density at radius 3 is 2.76 bits per heavy atom. The molecule has 2 heterocycles. The molecule has 1 aliphatic rings. The Bertz CT molecular complexity index is 728. The number of halogens is 2. The predicted octanol–water partition coefficient (Wildman–Crippen LogP) is 3.69. The molecule has 2 aromatic rings. The summed E-state index contributed by atoms with van der Waals surface area (Å²) in [5.74, 6) is 1.46. The Kier molecular flexibility index (Phi) is 7.55. The fourth-order valence-corrected chi connectivity index (χ4v) is 2.64. The Balaban J connectivity index is 0.00000225. The number of carbonyl (C=O) groups is 1. The number of rotatable bonds is 6. The van der Waals surface area contributed by atoms with Crippen molar-refractivity contribution in [1.29, 1.82) is 0 Å². The smallest absolute Gasteiger partial charge is 0.287 e. The van der Waals surface area contributed by atoms with Crippen LogP contribution in [0.3, 0.4) is 0 Å². The van der Waals surface area contributed by atoms with Gasteiger partial charge in [0.25, 0.3) is 5.91 Å². The van der Waals surface area contributed by atoms with Gasteiger partial charge in [-0.05, 0) is 49.4 Å². The Morgan fingerprint density at radius 1 is 1.24 bits per heavy atom. The summed E-state index contributed by atoms with van der Waals surface area (Å²) in [4.78, 5) is 12.1. The molecule has 0 saturated heterocycles. The quantitative estimate of drug-likeness (QED) is 0.690. The van der Waals surface area contributed by atoms with Crippen LogP contribution < -0.4 is 15.4 Å². The number of nitrogens with one attached hydrogen (secondary N) is 2. The lowest BCUT2D eigenvalue weighted by Gasteiger charge is -2.14. The number of furan rings is 1. The second-order valence-corrected chi connectivity index (χ2v) is 6.42. The van der Waals surface area contributed by atoms with Crippen molar-refractivity contribution in [2.75, 3.05) is 19.6 Å². The predicted molar refractivity (Wildman–Crippen MR) is 102 cm³/mol. The molecule has 25 heavy (non-hydrogen) atoms. The second-order valence-electron chi connectivity index (χ2n) is 5.51. The van der Waals surface area contributed by atoms with Crippen molar-refractivity contribution in [3.8, 4) is 5.75 Å². The highest BCUT2D eigenvalue weighted by Crippen LogP contribution is 2.18. The van der Waals surface area contributed by atoms with Gasteiger partial charge in [-0.15, -0.1) is 12.4 Å². The highest BCUT2D eigenvalue weighted by molar-refractivity contribution is 9.10. The van der Waals surface area contributed by atoms with Crippen molar-refractivity contribution < 1.29 is 13.9 Å². The fourth-order valence-electron chi connectivity index (χ4n) is 2.37. The molecule has 2 N–H and O–H groups in total. The molecule has 0 atom stereocenters. The van der Waals surface area contributed by atoms with Gasteiger partial charge in [0, 0.05) is 17.6 Å². The number of hydrogen-bond donors (Lipinski definition) is 2. The van der Waals surface area contributed by atoms with Crippen molar-refractivity contribution >= 4 is 34.2 Å². The number of benzene rings is 1. The Hall–Kier alpha value is -1.76. The minimum atomic E-state index is -0.204. The van der Waals surface area contributed by atoms with Crippen LogP contribution in [0.1, 0.15) is 22.7 Å². The van der Waals surface area contributed by atoms with E-state index in [1.807, 2.05) is 24.3 Å². The zero-order valence-electron chi connectivity index (χ0n) is 13.6. The first kappa shape index (κ1) is 19.6. The second kappa shape index (κ2) is 9.65. The highest BCUT2D eigenvalue weighted by atomic mass is 79.9. The summed E-state index contributed by atoms with van der Waals surface area (Å²) < 4.78 is 12.2. The van der Waals surface area contributed by atoms with E-state index >= 15 is 0 Å². The van der Waals surface area contributed by atoms with Gasteiger partial charge in [-0.2, -0.15) is 0 Å². The number of carbonyl (C=O) groups excluding carboxylic acids is 1. The molecule has 1 aliphatic heterocycles. The zero-order chi connectivity index (χ0) is 16.8. The zero-order valence-corrected chi connectivity index (χ0v) is 16.0. The lowest BCUT2D eigenvalue weighted by atomic mass is 10.1. The largest absolute Gasteiger partial charge is 0.486 e. The van der Waals surface area contributed by atoms with Gasteiger partial charge in [-0.25, -0.2) is 0 Å². The molecule has 1 amide bonds. The summed E-state index contributed by atoms with van der Waals surface area (Å²) in [5, 5.41) is 6.13. The molecule has 0 radical (unpaired) electrons. The third-order valence-corrected chi connectivity index (χ3v) is 4.24. The van der Waals surface area contributed by atoms with Gasteiger partial charge in [-0.3, -0.25) is 4.79 Å². The van der Waals surface area contributed by atoms with Gasteiger partial charge in [-0.1, -0.05) is 27.6 Å². The lowest BCUT2D eigenvalue weighted by molar-refractivity contribution is 0.0925. The number of ether oxygens (including phenoxy) is 1. The average molecular weight is 428 g/mol. The summed E-state index contributed by atoms with van der Waals surface area (Å²) >= 11 is 3.38. The van der Waals surface area contributed by atoms with Crippen LogP contribution >= 0.6 is 28.3 Å². The molecule has 5 nitrogen and oxygen atoms in total. The van der Waals surface area contributed by atoms with Gasteiger partial charge in [0.2, 0.25) is 0 Å². The van der Waals surface area contributed by atoms with Gasteiger partial charge < -0.3 is 19.8 Å². The summed E-state index contributed by atoms with van der Waals surface area (Å²) in [6, 6.07) is 11.0. The third kappa shape index (κ3) is 5.92. The average Bonchev–Trinajstić information content (AvgIpc) is 3.09. The maximum atomic E-state index is 12.1. The molecule has 0 spiro atoms. The van der Waals surface area contributed by atoms with E-state index < -0.39 is 0 Å². The van der Waals surface area contributed by atoms with E-state index in [1.165, 1.54) is 5.57 Å². The van der Waals surface area contributed by atoms with E-state index in [-0.39, 0.29) is 24.9 Å². The number of amides is 1. The van der Waals surface area contributed by atoms with Crippen molar-refractivity contribution in [1.82, 2.24) is 10.6 Å². The van der Waals surface area contributed by atoms with Crippen molar-refractivity contribution in [2.24, 2.45) is 0 Å². The van der Waals surface area contributed by atoms with E-state index in [0.29, 0.717) is 18.1 Å². The molecule has 0 unspecified atom stereocenters. The topological polar surface area (TPSA) is 63.5 Å². The molecular weight excluding hydrogens is 408 g/mol. The molecule has 1 aromatic carbocycles. The molecule has 3 rings (SSSR count). The van der Waals surface area contributed by atoms with E-state index in [1.54, 1.807) is 12.1 Å². The molecule has 0 saturated carbocycles. The van der Waals surface area contributed by atoms with Crippen molar-refractivity contribution in [3.63, 3.8) is 0 Å². The van der Waals surface area contributed by atoms with E-state index in [0.717, 1.165) is 29.7 Å². The van der Waals surface area contributed by atoms with Gasteiger partial charge in [0.15, 0.2) is 5.76 Å². The molecule has 0 fully saturated rings. The van der Waals surface area contributed by atoms with Gasteiger partial charge >= 0.3 is 0 Å². The van der Waals surface area contributed by atoms with Crippen LogP contribution in [0.2, 0.25) is 0 Å². The van der Waals surface area contributed by atoms with Gasteiger partial charge in [0.05, 0.1) is 0 Å².